The zero-order chi connectivity index (χ0) is 29.9. The Morgan fingerprint density at radius 3 is 2.60 bits per heavy atom. The van der Waals surface area contributed by atoms with Crippen LogP contribution in [-0.2, 0) is 26.2 Å². The molecule has 2 heterocycles. The van der Waals surface area contributed by atoms with Gasteiger partial charge in [0, 0.05) is 31.7 Å². The lowest BCUT2D eigenvalue weighted by molar-refractivity contribution is -0.224. The highest BCUT2D eigenvalue weighted by Crippen LogP contribution is 2.67. The van der Waals surface area contributed by atoms with Gasteiger partial charge in [0.25, 0.3) is 0 Å². The molecule has 7 nitrogen and oxygen atoms in total. The van der Waals surface area contributed by atoms with Gasteiger partial charge in [-0.25, -0.2) is 0 Å². The summed E-state index contributed by atoms with van der Waals surface area (Å²) in [6.07, 6.45) is 8.87. The maximum Gasteiger partial charge on any atom is 0.303 e. The first-order chi connectivity index (χ1) is 20.8. The lowest BCUT2D eigenvalue weighted by Crippen LogP contribution is -2.79. The predicted molar refractivity (Wildman–Crippen MR) is 165 cm³/mol. The van der Waals surface area contributed by atoms with Crippen LogP contribution in [0.15, 0.2) is 48.5 Å². The standard InChI is InChI=1S/C36H44N2O5/c1-23(2)21-38(31(40)15-12-25-8-6-5-7-9-25)28-16-17-36(43-24(3)39)30-20-27-13-14-29(41-4)33-32(27)35(36,34(28)42-33)18-19-37(30)22-26-10-11-26/h5-9,12-15,23,26,28,30,34H,10-11,16-22H2,1-4H3/t28-,30+,34-,35-,36+/m0/s1. The molecule has 2 aromatic carbocycles. The van der Waals surface area contributed by atoms with Crippen molar-refractivity contribution in [2.75, 3.05) is 26.7 Å². The summed E-state index contributed by atoms with van der Waals surface area (Å²) in [6.45, 7) is 8.47. The van der Waals surface area contributed by atoms with Gasteiger partial charge in [-0.1, -0.05) is 50.2 Å². The highest BCUT2D eigenvalue weighted by molar-refractivity contribution is 5.92. The molecule has 1 saturated heterocycles. The summed E-state index contributed by atoms with van der Waals surface area (Å²) in [6, 6.07) is 14.1. The fraction of sp³-hybridized carbons (Fsp3) is 0.556. The predicted octanol–water partition coefficient (Wildman–Crippen LogP) is 5.40. The molecule has 3 aliphatic carbocycles. The SMILES string of the molecule is COc1ccc2c3c1O[C@H]1[C@@H](N(CC(C)C)C(=O)C=Cc4ccccc4)CC[C@@]4(OC(C)=O)[C@@H](C2)N(CC2CC2)CC[C@]314. The van der Waals surface area contributed by atoms with E-state index in [0.717, 1.165) is 48.7 Å². The Balaban J connectivity index is 1.35. The Labute approximate surface area is 255 Å². The van der Waals surface area contributed by atoms with Crippen molar-refractivity contribution >= 4 is 18.0 Å². The van der Waals surface area contributed by atoms with Gasteiger partial charge in [-0.3, -0.25) is 14.5 Å². The molecule has 2 aliphatic heterocycles. The van der Waals surface area contributed by atoms with Crippen molar-refractivity contribution in [1.29, 1.82) is 0 Å². The molecule has 5 aliphatic rings. The van der Waals surface area contributed by atoms with E-state index in [1.807, 2.05) is 47.4 Å². The van der Waals surface area contributed by atoms with E-state index in [9.17, 15) is 9.59 Å². The topological polar surface area (TPSA) is 68.3 Å². The molecule has 7 heteroatoms. The van der Waals surface area contributed by atoms with Crippen LogP contribution in [0.1, 0.15) is 69.6 Å². The zero-order valence-corrected chi connectivity index (χ0v) is 25.9. The van der Waals surface area contributed by atoms with Crippen molar-refractivity contribution in [2.24, 2.45) is 11.8 Å². The number of piperidine rings is 1. The van der Waals surface area contributed by atoms with Crippen LogP contribution in [-0.4, -0.2) is 72.2 Å². The van der Waals surface area contributed by atoms with Gasteiger partial charge in [-0.15, -0.1) is 0 Å². The largest absolute Gasteiger partial charge is 0.493 e. The van der Waals surface area contributed by atoms with Crippen molar-refractivity contribution in [3.05, 3.63) is 65.2 Å². The summed E-state index contributed by atoms with van der Waals surface area (Å²) in [5, 5.41) is 0. The second-order valence-corrected chi connectivity index (χ2v) is 13.8. The third kappa shape index (κ3) is 4.49. The second-order valence-electron chi connectivity index (χ2n) is 13.8. The van der Waals surface area contributed by atoms with Gasteiger partial charge in [0.1, 0.15) is 11.7 Å². The molecule has 0 radical (unpaired) electrons. The quantitative estimate of drug-likeness (QED) is 0.291. The Hall–Kier alpha value is -3.32. The number of hydrogen-bond acceptors (Lipinski definition) is 6. The van der Waals surface area contributed by atoms with Gasteiger partial charge in [0.05, 0.1) is 24.6 Å². The van der Waals surface area contributed by atoms with E-state index in [0.29, 0.717) is 25.1 Å². The van der Waals surface area contributed by atoms with Crippen molar-refractivity contribution in [3.63, 3.8) is 0 Å². The molecule has 43 heavy (non-hydrogen) atoms. The number of hydrogen-bond donors (Lipinski definition) is 0. The minimum Gasteiger partial charge on any atom is -0.493 e. The monoisotopic (exact) mass is 584 g/mol. The van der Waals surface area contributed by atoms with Crippen molar-refractivity contribution < 1.29 is 23.8 Å². The first-order valence-electron chi connectivity index (χ1n) is 16.1. The number of likely N-dealkylation sites (tertiary alicyclic amines) is 1. The first-order valence-corrected chi connectivity index (χ1v) is 16.1. The molecule has 2 bridgehead atoms. The van der Waals surface area contributed by atoms with Crippen LogP contribution in [0, 0.1) is 11.8 Å². The number of rotatable bonds is 9. The van der Waals surface area contributed by atoms with Crippen LogP contribution >= 0.6 is 0 Å². The highest BCUT2D eigenvalue weighted by Gasteiger charge is 2.75. The van der Waals surface area contributed by atoms with E-state index < -0.39 is 11.0 Å². The maximum atomic E-state index is 14.1. The van der Waals surface area contributed by atoms with Crippen molar-refractivity contribution in [1.82, 2.24) is 9.80 Å². The summed E-state index contributed by atoms with van der Waals surface area (Å²) in [7, 11) is 1.69. The van der Waals surface area contributed by atoms with E-state index in [2.05, 4.69) is 24.8 Å². The lowest BCUT2D eigenvalue weighted by Gasteiger charge is -2.65. The average Bonchev–Trinajstić information content (AvgIpc) is 3.73. The van der Waals surface area contributed by atoms with Gasteiger partial charge in [0.2, 0.25) is 5.91 Å². The van der Waals surface area contributed by atoms with Gasteiger partial charge in [-0.2, -0.15) is 0 Å². The molecule has 0 unspecified atom stereocenters. The molecule has 7 rings (SSSR count). The number of carbonyl (C=O) groups excluding carboxylic acids is 2. The van der Waals surface area contributed by atoms with Crippen LogP contribution in [0.25, 0.3) is 6.08 Å². The Bertz CT molecular complexity index is 1430. The van der Waals surface area contributed by atoms with Crippen LogP contribution in [0.5, 0.6) is 11.5 Å². The lowest BCUT2D eigenvalue weighted by atomic mass is 9.48. The molecule has 228 valence electrons. The molecule has 2 aromatic rings. The second kappa shape index (κ2) is 10.7. The molecule has 1 spiro atoms. The molecule has 2 saturated carbocycles. The number of amides is 1. The minimum atomic E-state index is -0.718. The summed E-state index contributed by atoms with van der Waals surface area (Å²) in [4.78, 5) is 31.7. The molecular weight excluding hydrogens is 540 g/mol. The number of methoxy groups -OCH3 is 1. The van der Waals surface area contributed by atoms with E-state index in [4.69, 9.17) is 14.2 Å². The van der Waals surface area contributed by atoms with Crippen molar-refractivity contribution in [2.45, 2.75) is 88.5 Å². The Morgan fingerprint density at radius 2 is 1.91 bits per heavy atom. The number of ether oxygens (including phenoxy) is 3. The van der Waals surface area contributed by atoms with Gasteiger partial charge >= 0.3 is 5.97 Å². The average molecular weight is 585 g/mol. The fourth-order valence-electron chi connectivity index (χ4n) is 8.97. The number of nitrogens with zero attached hydrogens (tertiary/aromatic N) is 2. The zero-order valence-electron chi connectivity index (χ0n) is 25.9. The molecule has 5 atom stereocenters. The van der Waals surface area contributed by atoms with E-state index in [-0.39, 0.29) is 36.0 Å². The van der Waals surface area contributed by atoms with Gasteiger partial charge in [0.15, 0.2) is 11.5 Å². The molecule has 0 aromatic heterocycles. The number of benzene rings is 2. The van der Waals surface area contributed by atoms with Gasteiger partial charge < -0.3 is 19.1 Å². The van der Waals surface area contributed by atoms with Crippen LogP contribution < -0.4 is 9.47 Å². The van der Waals surface area contributed by atoms with Crippen LogP contribution in [0.3, 0.4) is 0 Å². The summed E-state index contributed by atoms with van der Waals surface area (Å²) in [5.41, 5.74) is 2.14. The van der Waals surface area contributed by atoms with Crippen molar-refractivity contribution in [3.8, 4) is 11.5 Å². The molecule has 3 fully saturated rings. The van der Waals surface area contributed by atoms with E-state index in [1.54, 1.807) is 20.1 Å². The Kier molecular flexibility index (Phi) is 7.07. The van der Waals surface area contributed by atoms with Crippen LogP contribution in [0.2, 0.25) is 0 Å². The van der Waals surface area contributed by atoms with Gasteiger partial charge in [-0.05, 0) is 80.2 Å². The smallest absolute Gasteiger partial charge is 0.303 e. The third-order valence-electron chi connectivity index (χ3n) is 10.7. The molecule has 0 N–H and O–H groups in total. The maximum absolute atomic E-state index is 14.1. The third-order valence-corrected chi connectivity index (χ3v) is 10.7. The number of carbonyl (C=O) groups is 2. The minimum absolute atomic E-state index is 0.00999. The molecular formula is C36H44N2O5. The fourth-order valence-corrected chi connectivity index (χ4v) is 8.97. The Morgan fingerprint density at radius 1 is 1.12 bits per heavy atom. The normalized spacial score (nSPS) is 30.6. The highest BCUT2D eigenvalue weighted by atomic mass is 16.6. The van der Waals surface area contributed by atoms with Crippen LogP contribution in [0.4, 0.5) is 0 Å². The van der Waals surface area contributed by atoms with E-state index >= 15 is 0 Å². The molecule has 1 amide bonds. The number of esters is 1. The summed E-state index contributed by atoms with van der Waals surface area (Å²) in [5.74, 6) is 2.25. The first kappa shape index (κ1) is 28.5. The summed E-state index contributed by atoms with van der Waals surface area (Å²) < 4.78 is 19.6. The van der Waals surface area contributed by atoms with E-state index in [1.165, 1.54) is 18.4 Å². The summed E-state index contributed by atoms with van der Waals surface area (Å²) >= 11 is 0.